The van der Waals surface area contributed by atoms with Crippen molar-refractivity contribution >= 4 is 5.91 Å². The molecule has 26 heavy (non-hydrogen) atoms. The number of carbonyl (C=O) groups excluding carboxylic acids is 1. The van der Waals surface area contributed by atoms with Gasteiger partial charge in [-0.05, 0) is 29.8 Å². The van der Waals surface area contributed by atoms with E-state index in [9.17, 15) is 14.3 Å². The molecule has 5 nitrogen and oxygen atoms in total. The first-order valence-corrected chi connectivity index (χ1v) is 8.60. The third-order valence-electron chi connectivity index (χ3n) is 4.54. The number of piperidine rings is 1. The Labute approximate surface area is 152 Å². The molecule has 2 aromatic rings. The summed E-state index contributed by atoms with van der Waals surface area (Å²) in [4.78, 5) is 14.1. The number of para-hydroxylation sites is 2. The SMILES string of the molecule is COc1ccccc1OC1CCN(C(=O)[C@H](O)c2ccc(F)cc2)CC1. The molecule has 0 bridgehead atoms. The predicted molar refractivity (Wildman–Crippen MR) is 94.6 cm³/mol. The molecule has 1 atom stereocenters. The van der Waals surface area contributed by atoms with Gasteiger partial charge in [-0.15, -0.1) is 0 Å². The molecule has 1 aliphatic heterocycles. The number of hydrogen-bond acceptors (Lipinski definition) is 4. The van der Waals surface area contributed by atoms with Crippen molar-refractivity contribution in [3.8, 4) is 11.5 Å². The van der Waals surface area contributed by atoms with Crippen LogP contribution in [0.15, 0.2) is 48.5 Å². The maximum absolute atomic E-state index is 13.0. The Morgan fingerprint density at radius 1 is 1.12 bits per heavy atom. The molecule has 1 heterocycles. The fourth-order valence-corrected chi connectivity index (χ4v) is 3.05. The molecule has 0 saturated carbocycles. The van der Waals surface area contributed by atoms with E-state index in [1.807, 2.05) is 24.3 Å². The zero-order chi connectivity index (χ0) is 18.5. The van der Waals surface area contributed by atoms with Crippen LogP contribution in [0.3, 0.4) is 0 Å². The van der Waals surface area contributed by atoms with Crippen LogP contribution < -0.4 is 9.47 Å². The quantitative estimate of drug-likeness (QED) is 0.892. The van der Waals surface area contributed by atoms with Gasteiger partial charge in [0.15, 0.2) is 17.6 Å². The maximum Gasteiger partial charge on any atom is 0.256 e. The summed E-state index contributed by atoms with van der Waals surface area (Å²) in [5, 5.41) is 10.2. The van der Waals surface area contributed by atoms with Crippen molar-refractivity contribution in [1.82, 2.24) is 4.90 Å². The van der Waals surface area contributed by atoms with E-state index in [1.165, 1.54) is 24.3 Å². The number of halogens is 1. The van der Waals surface area contributed by atoms with Gasteiger partial charge < -0.3 is 19.5 Å². The van der Waals surface area contributed by atoms with Gasteiger partial charge in [-0.3, -0.25) is 4.79 Å². The van der Waals surface area contributed by atoms with Crippen LogP contribution in [0.25, 0.3) is 0 Å². The number of ether oxygens (including phenoxy) is 2. The lowest BCUT2D eigenvalue weighted by molar-refractivity contribution is -0.142. The Kier molecular flexibility index (Phi) is 5.73. The normalized spacial score (nSPS) is 16.2. The number of aliphatic hydroxyl groups is 1. The highest BCUT2D eigenvalue weighted by atomic mass is 19.1. The number of rotatable bonds is 5. The highest BCUT2D eigenvalue weighted by molar-refractivity contribution is 5.82. The summed E-state index contributed by atoms with van der Waals surface area (Å²) < 4.78 is 24.3. The highest BCUT2D eigenvalue weighted by Crippen LogP contribution is 2.29. The lowest BCUT2D eigenvalue weighted by Crippen LogP contribution is -2.43. The minimum absolute atomic E-state index is 0.0154. The molecule has 1 N–H and O–H groups in total. The van der Waals surface area contributed by atoms with Crippen molar-refractivity contribution in [3.63, 3.8) is 0 Å². The number of nitrogens with zero attached hydrogens (tertiary/aromatic N) is 1. The standard InChI is InChI=1S/C20H22FNO4/c1-25-17-4-2-3-5-18(17)26-16-10-12-22(13-11-16)20(24)19(23)14-6-8-15(21)9-7-14/h2-9,16,19,23H,10-13H2,1H3/t19-/m1/s1. The van der Waals surface area contributed by atoms with E-state index in [4.69, 9.17) is 9.47 Å². The zero-order valence-electron chi connectivity index (χ0n) is 14.6. The van der Waals surface area contributed by atoms with Crippen LogP contribution in [0.1, 0.15) is 24.5 Å². The molecular formula is C20H22FNO4. The van der Waals surface area contributed by atoms with Gasteiger partial charge in [0, 0.05) is 25.9 Å². The minimum Gasteiger partial charge on any atom is -0.493 e. The second-order valence-corrected chi connectivity index (χ2v) is 6.25. The average Bonchev–Trinajstić information content (AvgIpc) is 2.68. The third kappa shape index (κ3) is 4.14. The van der Waals surface area contributed by atoms with Crippen LogP contribution in [-0.4, -0.2) is 42.2 Å². The van der Waals surface area contributed by atoms with Gasteiger partial charge in [0.1, 0.15) is 11.9 Å². The monoisotopic (exact) mass is 359 g/mol. The second-order valence-electron chi connectivity index (χ2n) is 6.25. The molecule has 138 valence electrons. The fourth-order valence-electron chi connectivity index (χ4n) is 3.05. The molecule has 0 aromatic heterocycles. The van der Waals surface area contributed by atoms with Crippen molar-refractivity contribution in [3.05, 3.63) is 59.9 Å². The van der Waals surface area contributed by atoms with Crippen molar-refractivity contribution in [2.75, 3.05) is 20.2 Å². The van der Waals surface area contributed by atoms with Crippen LogP contribution in [0.5, 0.6) is 11.5 Å². The van der Waals surface area contributed by atoms with Gasteiger partial charge in [-0.1, -0.05) is 24.3 Å². The molecule has 0 spiro atoms. The molecule has 6 heteroatoms. The first-order chi connectivity index (χ1) is 12.6. The maximum atomic E-state index is 13.0. The van der Waals surface area contributed by atoms with Gasteiger partial charge in [-0.25, -0.2) is 4.39 Å². The molecule has 0 radical (unpaired) electrons. The van der Waals surface area contributed by atoms with Crippen molar-refractivity contribution in [2.24, 2.45) is 0 Å². The molecular weight excluding hydrogens is 337 g/mol. The molecule has 0 unspecified atom stereocenters. The zero-order valence-corrected chi connectivity index (χ0v) is 14.6. The summed E-state index contributed by atoms with van der Waals surface area (Å²) in [5.74, 6) is 0.596. The number of hydrogen-bond donors (Lipinski definition) is 1. The molecule has 1 saturated heterocycles. The van der Waals surface area contributed by atoms with E-state index in [1.54, 1.807) is 12.0 Å². The van der Waals surface area contributed by atoms with E-state index in [0.29, 0.717) is 43.0 Å². The number of amides is 1. The van der Waals surface area contributed by atoms with E-state index in [0.717, 1.165) is 0 Å². The largest absolute Gasteiger partial charge is 0.493 e. The number of aliphatic hydroxyl groups excluding tert-OH is 1. The van der Waals surface area contributed by atoms with Crippen molar-refractivity contribution in [2.45, 2.75) is 25.0 Å². The van der Waals surface area contributed by atoms with E-state index in [2.05, 4.69) is 0 Å². The number of methoxy groups -OCH3 is 1. The number of carbonyl (C=O) groups is 1. The van der Waals surface area contributed by atoms with Gasteiger partial charge in [0.2, 0.25) is 0 Å². The van der Waals surface area contributed by atoms with Crippen LogP contribution >= 0.6 is 0 Å². The van der Waals surface area contributed by atoms with E-state index >= 15 is 0 Å². The summed E-state index contributed by atoms with van der Waals surface area (Å²) in [6, 6.07) is 12.8. The Hall–Kier alpha value is -2.60. The molecule has 1 aliphatic rings. The van der Waals surface area contributed by atoms with Crippen LogP contribution in [0, 0.1) is 5.82 Å². The van der Waals surface area contributed by atoms with Crippen molar-refractivity contribution < 1.29 is 23.8 Å². The first-order valence-electron chi connectivity index (χ1n) is 8.60. The van der Waals surface area contributed by atoms with Gasteiger partial charge in [0.25, 0.3) is 5.91 Å². The summed E-state index contributed by atoms with van der Waals surface area (Å²) in [6.07, 6.45) is 0.0421. The Bertz CT molecular complexity index is 742. The predicted octanol–water partition coefficient (Wildman–Crippen LogP) is 2.94. The summed E-state index contributed by atoms with van der Waals surface area (Å²) in [7, 11) is 1.60. The highest BCUT2D eigenvalue weighted by Gasteiger charge is 2.29. The van der Waals surface area contributed by atoms with Crippen LogP contribution in [0.4, 0.5) is 4.39 Å². The average molecular weight is 359 g/mol. The minimum atomic E-state index is -1.28. The summed E-state index contributed by atoms with van der Waals surface area (Å²) in [5.41, 5.74) is 0.392. The lowest BCUT2D eigenvalue weighted by atomic mass is 10.0. The third-order valence-corrected chi connectivity index (χ3v) is 4.54. The molecule has 2 aromatic carbocycles. The van der Waals surface area contributed by atoms with Gasteiger partial charge in [0.05, 0.1) is 7.11 Å². The second kappa shape index (κ2) is 8.19. The Morgan fingerprint density at radius 2 is 1.73 bits per heavy atom. The number of likely N-dealkylation sites (tertiary alicyclic amines) is 1. The fraction of sp³-hybridized carbons (Fsp3) is 0.350. The molecule has 3 rings (SSSR count). The summed E-state index contributed by atoms with van der Waals surface area (Å²) in [6.45, 7) is 0.994. The first kappa shape index (κ1) is 18.2. The molecule has 1 amide bonds. The van der Waals surface area contributed by atoms with E-state index < -0.39 is 11.9 Å². The van der Waals surface area contributed by atoms with Crippen LogP contribution in [-0.2, 0) is 4.79 Å². The van der Waals surface area contributed by atoms with Gasteiger partial charge in [-0.2, -0.15) is 0 Å². The topological polar surface area (TPSA) is 59.0 Å². The molecule has 0 aliphatic carbocycles. The Morgan fingerprint density at radius 3 is 2.35 bits per heavy atom. The summed E-state index contributed by atoms with van der Waals surface area (Å²) >= 11 is 0. The smallest absolute Gasteiger partial charge is 0.256 e. The Balaban J connectivity index is 1.56. The van der Waals surface area contributed by atoms with Gasteiger partial charge >= 0.3 is 0 Å². The lowest BCUT2D eigenvalue weighted by Gasteiger charge is -2.33. The van der Waals surface area contributed by atoms with E-state index in [-0.39, 0.29) is 12.0 Å². The number of benzene rings is 2. The van der Waals surface area contributed by atoms with Crippen molar-refractivity contribution in [1.29, 1.82) is 0 Å². The molecule has 1 fully saturated rings. The van der Waals surface area contributed by atoms with Crippen LogP contribution in [0.2, 0.25) is 0 Å².